The summed E-state index contributed by atoms with van der Waals surface area (Å²) in [5.41, 5.74) is 7.20. The monoisotopic (exact) mass is 280 g/mol. The Kier molecular flexibility index (Phi) is 5.02. The topological polar surface area (TPSA) is 80.9 Å². The van der Waals surface area contributed by atoms with Crippen molar-refractivity contribution < 1.29 is 4.79 Å². The zero-order valence-corrected chi connectivity index (χ0v) is 11.7. The molecule has 3 N–H and O–H groups in total. The van der Waals surface area contributed by atoms with Gasteiger partial charge in [0, 0.05) is 18.6 Å². The number of rotatable bonds is 3. The highest BCUT2D eigenvalue weighted by Gasteiger charge is 2.14. The van der Waals surface area contributed by atoms with Crippen molar-refractivity contribution in [2.24, 2.45) is 5.73 Å². The summed E-state index contributed by atoms with van der Waals surface area (Å²) in [5, 5.41) is 2.90. The Balaban J connectivity index is 2.17. The third-order valence-corrected chi connectivity index (χ3v) is 2.87. The van der Waals surface area contributed by atoms with Gasteiger partial charge in [0.15, 0.2) is 0 Å². The van der Waals surface area contributed by atoms with E-state index in [0.717, 1.165) is 5.69 Å². The van der Waals surface area contributed by atoms with E-state index >= 15 is 0 Å². The second-order valence-electron chi connectivity index (χ2n) is 4.38. The second-order valence-corrected chi connectivity index (χ2v) is 4.38. The lowest BCUT2D eigenvalue weighted by Crippen LogP contribution is -2.27. The fourth-order valence-corrected chi connectivity index (χ4v) is 1.82. The normalized spacial score (nSPS) is 11.1. The Morgan fingerprint density at radius 3 is 2.95 bits per heavy atom. The number of carbonyl (C=O) groups is 1. The van der Waals surface area contributed by atoms with Crippen molar-refractivity contribution in [3.8, 4) is 11.8 Å². The standard InChI is InChI=1S/C16H16N4O/c1-12(15-6-2-3-9-19-15)20-16(21)14-7-10-18-11-13(14)5-4-8-17/h2-3,6-7,9-12H,8,17H2,1H3,(H,20,21). The lowest BCUT2D eigenvalue weighted by Gasteiger charge is -2.13. The van der Waals surface area contributed by atoms with Crippen molar-refractivity contribution in [3.05, 3.63) is 59.7 Å². The molecule has 21 heavy (non-hydrogen) atoms. The van der Waals surface area contributed by atoms with Gasteiger partial charge < -0.3 is 11.1 Å². The van der Waals surface area contributed by atoms with E-state index in [0.29, 0.717) is 11.1 Å². The summed E-state index contributed by atoms with van der Waals surface area (Å²) in [6.07, 6.45) is 4.82. The molecule has 0 aliphatic heterocycles. The van der Waals surface area contributed by atoms with Crippen LogP contribution >= 0.6 is 0 Å². The van der Waals surface area contributed by atoms with E-state index in [-0.39, 0.29) is 18.5 Å². The van der Waals surface area contributed by atoms with E-state index in [2.05, 4.69) is 27.1 Å². The lowest BCUT2D eigenvalue weighted by molar-refractivity contribution is 0.0939. The number of hydrogen-bond acceptors (Lipinski definition) is 4. The Labute approximate surface area is 123 Å². The van der Waals surface area contributed by atoms with Crippen LogP contribution in [0.2, 0.25) is 0 Å². The van der Waals surface area contributed by atoms with Crippen LogP contribution < -0.4 is 11.1 Å². The minimum atomic E-state index is -0.211. The number of amides is 1. The van der Waals surface area contributed by atoms with Gasteiger partial charge >= 0.3 is 0 Å². The third-order valence-electron chi connectivity index (χ3n) is 2.87. The predicted molar refractivity (Wildman–Crippen MR) is 80.3 cm³/mol. The predicted octanol–water partition coefficient (Wildman–Crippen LogP) is 1.28. The van der Waals surface area contributed by atoms with Crippen molar-refractivity contribution in [1.82, 2.24) is 15.3 Å². The Morgan fingerprint density at radius 2 is 2.24 bits per heavy atom. The van der Waals surface area contributed by atoms with Crippen molar-refractivity contribution in [2.45, 2.75) is 13.0 Å². The highest BCUT2D eigenvalue weighted by molar-refractivity contribution is 5.96. The third kappa shape index (κ3) is 3.88. The maximum atomic E-state index is 12.3. The molecule has 2 aromatic heterocycles. The van der Waals surface area contributed by atoms with Crippen LogP contribution in [0.5, 0.6) is 0 Å². The van der Waals surface area contributed by atoms with Crippen LogP contribution in [-0.4, -0.2) is 22.4 Å². The summed E-state index contributed by atoms with van der Waals surface area (Å²) < 4.78 is 0. The number of nitrogens with zero attached hydrogens (tertiary/aromatic N) is 2. The number of hydrogen-bond donors (Lipinski definition) is 2. The van der Waals surface area contributed by atoms with Crippen molar-refractivity contribution in [3.63, 3.8) is 0 Å². The zero-order valence-electron chi connectivity index (χ0n) is 11.7. The Hall–Kier alpha value is -2.71. The summed E-state index contributed by atoms with van der Waals surface area (Å²) in [6.45, 7) is 2.12. The molecule has 0 aromatic carbocycles. The molecule has 0 saturated carbocycles. The molecule has 1 amide bonds. The molecule has 0 saturated heterocycles. The summed E-state index contributed by atoms with van der Waals surface area (Å²) in [4.78, 5) is 20.6. The molecule has 0 radical (unpaired) electrons. The Bertz CT molecular complexity index is 673. The molecule has 0 spiro atoms. The highest BCUT2D eigenvalue weighted by atomic mass is 16.1. The van der Waals surface area contributed by atoms with Crippen LogP contribution in [0.15, 0.2) is 42.9 Å². The summed E-state index contributed by atoms with van der Waals surface area (Å²) >= 11 is 0. The van der Waals surface area contributed by atoms with Gasteiger partial charge in [0.25, 0.3) is 5.91 Å². The largest absolute Gasteiger partial charge is 0.344 e. The van der Waals surface area contributed by atoms with Crippen LogP contribution in [0, 0.1) is 11.8 Å². The average molecular weight is 280 g/mol. The Morgan fingerprint density at radius 1 is 1.38 bits per heavy atom. The van der Waals surface area contributed by atoms with Crippen molar-refractivity contribution in [2.75, 3.05) is 6.54 Å². The number of aromatic nitrogens is 2. The quantitative estimate of drug-likeness (QED) is 0.830. The van der Waals surface area contributed by atoms with Gasteiger partial charge in [-0.25, -0.2) is 0 Å². The lowest BCUT2D eigenvalue weighted by atomic mass is 10.1. The molecule has 0 aliphatic carbocycles. The molecule has 1 unspecified atom stereocenters. The summed E-state index contributed by atoms with van der Waals surface area (Å²) in [6, 6.07) is 7.03. The van der Waals surface area contributed by atoms with Gasteiger partial charge in [0.2, 0.25) is 0 Å². The fraction of sp³-hybridized carbons (Fsp3) is 0.188. The molecule has 0 bridgehead atoms. The van der Waals surface area contributed by atoms with Gasteiger partial charge in [0.1, 0.15) is 0 Å². The molecule has 5 nitrogen and oxygen atoms in total. The maximum Gasteiger partial charge on any atom is 0.253 e. The number of nitrogens with two attached hydrogens (primary N) is 1. The molecular formula is C16H16N4O. The van der Waals surface area contributed by atoms with Crippen molar-refractivity contribution >= 4 is 5.91 Å². The molecule has 2 aromatic rings. The first kappa shape index (κ1) is 14.7. The number of carbonyl (C=O) groups excluding carboxylic acids is 1. The van der Waals surface area contributed by atoms with Crippen LogP contribution in [0.3, 0.4) is 0 Å². The van der Waals surface area contributed by atoms with Gasteiger partial charge in [-0.05, 0) is 25.1 Å². The van der Waals surface area contributed by atoms with Crippen molar-refractivity contribution in [1.29, 1.82) is 0 Å². The molecule has 0 aliphatic rings. The highest BCUT2D eigenvalue weighted by Crippen LogP contribution is 2.11. The van der Waals surface area contributed by atoms with Gasteiger partial charge in [-0.2, -0.15) is 0 Å². The van der Waals surface area contributed by atoms with E-state index in [4.69, 9.17) is 5.73 Å². The molecule has 2 rings (SSSR count). The molecular weight excluding hydrogens is 264 g/mol. The van der Waals surface area contributed by atoms with E-state index in [1.165, 1.54) is 0 Å². The van der Waals surface area contributed by atoms with Gasteiger partial charge in [-0.15, -0.1) is 0 Å². The van der Waals surface area contributed by atoms with E-state index in [9.17, 15) is 4.79 Å². The van der Waals surface area contributed by atoms with Gasteiger partial charge in [0.05, 0.1) is 29.4 Å². The summed E-state index contributed by atoms with van der Waals surface area (Å²) in [7, 11) is 0. The number of pyridine rings is 2. The molecule has 106 valence electrons. The number of nitrogens with one attached hydrogen (secondary N) is 1. The first-order chi connectivity index (χ1) is 10.2. The first-order valence-electron chi connectivity index (χ1n) is 6.57. The average Bonchev–Trinajstić information content (AvgIpc) is 2.54. The fourth-order valence-electron chi connectivity index (χ4n) is 1.82. The van der Waals surface area contributed by atoms with Gasteiger partial charge in [-0.1, -0.05) is 17.9 Å². The second kappa shape index (κ2) is 7.17. The van der Waals surface area contributed by atoms with Crippen LogP contribution in [0.4, 0.5) is 0 Å². The first-order valence-corrected chi connectivity index (χ1v) is 6.57. The smallest absolute Gasteiger partial charge is 0.253 e. The van der Waals surface area contributed by atoms with Gasteiger partial charge in [-0.3, -0.25) is 14.8 Å². The van der Waals surface area contributed by atoms with Crippen LogP contribution in [-0.2, 0) is 0 Å². The van der Waals surface area contributed by atoms with E-state index in [1.807, 2.05) is 25.1 Å². The van der Waals surface area contributed by atoms with E-state index in [1.54, 1.807) is 24.7 Å². The van der Waals surface area contributed by atoms with Crippen LogP contribution in [0.1, 0.15) is 34.6 Å². The van der Waals surface area contributed by atoms with Crippen LogP contribution in [0.25, 0.3) is 0 Å². The SMILES string of the molecule is CC(NC(=O)c1ccncc1C#CCN)c1ccccn1. The molecule has 1 atom stereocenters. The van der Waals surface area contributed by atoms with E-state index < -0.39 is 0 Å². The summed E-state index contributed by atoms with van der Waals surface area (Å²) in [5.74, 6) is 5.37. The molecule has 2 heterocycles. The maximum absolute atomic E-state index is 12.3. The minimum absolute atomic E-state index is 0.192. The molecule has 0 fully saturated rings. The zero-order chi connectivity index (χ0) is 15.1. The minimum Gasteiger partial charge on any atom is -0.344 e. The molecule has 5 heteroatoms.